The Morgan fingerprint density at radius 2 is 2.46 bits per heavy atom. The van der Waals surface area contributed by atoms with E-state index >= 15 is 0 Å². The van der Waals surface area contributed by atoms with E-state index in [0.29, 0.717) is 11.6 Å². The Kier molecular flexibility index (Phi) is 2.86. The number of nitrogens with two attached hydrogens (primary N) is 1. The zero-order valence-corrected chi connectivity index (χ0v) is 9.28. The molecular formula is C10H20N2S. The van der Waals surface area contributed by atoms with Crippen molar-refractivity contribution in [2.24, 2.45) is 5.73 Å². The summed E-state index contributed by atoms with van der Waals surface area (Å²) in [5, 5.41) is 0. The van der Waals surface area contributed by atoms with Gasteiger partial charge in [0.05, 0.1) is 0 Å². The van der Waals surface area contributed by atoms with E-state index in [1.54, 1.807) is 0 Å². The van der Waals surface area contributed by atoms with Crippen molar-refractivity contribution in [1.29, 1.82) is 0 Å². The SMILES string of the molecule is CCN1CCC(N)C12CCCSC2. The smallest absolute Gasteiger partial charge is 0.0451 e. The Labute approximate surface area is 85.2 Å². The van der Waals surface area contributed by atoms with E-state index in [1.165, 1.54) is 43.9 Å². The minimum absolute atomic E-state index is 0.373. The van der Waals surface area contributed by atoms with Gasteiger partial charge in [-0.25, -0.2) is 0 Å². The zero-order chi connectivity index (χ0) is 9.31. The Morgan fingerprint density at radius 3 is 3.08 bits per heavy atom. The molecule has 2 N–H and O–H groups in total. The van der Waals surface area contributed by atoms with Crippen LogP contribution in [0.2, 0.25) is 0 Å². The van der Waals surface area contributed by atoms with Crippen LogP contribution in [0.15, 0.2) is 0 Å². The lowest BCUT2D eigenvalue weighted by Gasteiger charge is -2.43. The Balaban J connectivity index is 2.14. The standard InChI is InChI=1S/C10H20N2S/c1-2-12-6-4-9(11)10(12)5-3-7-13-8-10/h9H,2-8,11H2,1H3. The molecule has 2 rings (SSSR count). The van der Waals surface area contributed by atoms with Gasteiger partial charge in [0, 0.05) is 23.9 Å². The van der Waals surface area contributed by atoms with Crippen molar-refractivity contribution in [3.05, 3.63) is 0 Å². The quantitative estimate of drug-likeness (QED) is 0.692. The first-order valence-electron chi connectivity index (χ1n) is 5.38. The van der Waals surface area contributed by atoms with Gasteiger partial charge in [-0.1, -0.05) is 6.92 Å². The summed E-state index contributed by atoms with van der Waals surface area (Å²) in [5.74, 6) is 2.61. The lowest BCUT2D eigenvalue weighted by Crippen LogP contribution is -2.56. The molecule has 0 amide bonds. The van der Waals surface area contributed by atoms with Crippen molar-refractivity contribution in [2.45, 2.75) is 37.8 Å². The van der Waals surface area contributed by atoms with Gasteiger partial charge in [0.15, 0.2) is 0 Å². The minimum atomic E-state index is 0.373. The molecule has 2 nitrogen and oxygen atoms in total. The van der Waals surface area contributed by atoms with Crippen LogP contribution in [0, 0.1) is 0 Å². The molecular weight excluding hydrogens is 180 g/mol. The fourth-order valence-electron chi connectivity index (χ4n) is 2.84. The molecule has 0 aromatic carbocycles. The molecule has 2 saturated heterocycles. The molecule has 0 saturated carbocycles. The second kappa shape index (κ2) is 3.79. The summed E-state index contributed by atoms with van der Waals surface area (Å²) in [7, 11) is 0. The van der Waals surface area contributed by atoms with Crippen molar-refractivity contribution in [1.82, 2.24) is 4.90 Å². The Bertz CT molecular complexity index is 178. The van der Waals surface area contributed by atoms with Crippen molar-refractivity contribution >= 4 is 11.8 Å². The molecule has 0 bridgehead atoms. The summed E-state index contributed by atoms with van der Waals surface area (Å²) in [4.78, 5) is 2.61. The van der Waals surface area contributed by atoms with Gasteiger partial charge in [-0.2, -0.15) is 11.8 Å². The maximum Gasteiger partial charge on any atom is 0.0451 e. The number of rotatable bonds is 1. The predicted molar refractivity (Wildman–Crippen MR) is 59.1 cm³/mol. The highest BCUT2D eigenvalue weighted by Crippen LogP contribution is 2.39. The number of hydrogen-bond acceptors (Lipinski definition) is 3. The summed E-state index contributed by atoms with van der Waals surface area (Å²) in [6.45, 7) is 4.66. The maximum absolute atomic E-state index is 6.26. The van der Waals surface area contributed by atoms with Gasteiger partial charge in [-0.15, -0.1) is 0 Å². The normalized spacial score (nSPS) is 41.5. The van der Waals surface area contributed by atoms with Gasteiger partial charge in [0.2, 0.25) is 0 Å². The lowest BCUT2D eigenvalue weighted by molar-refractivity contribution is 0.141. The van der Waals surface area contributed by atoms with Gasteiger partial charge < -0.3 is 5.73 Å². The average molecular weight is 200 g/mol. The Morgan fingerprint density at radius 1 is 1.62 bits per heavy atom. The number of hydrogen-bond donors (Lipinski definition) is 1. The lowest BCUT2D eigenvalue weighted by atomic mass is 9.88. The van der Waals surface area contributed by atoms with Crippen LogP contribution in [0.25, 0.3) is 0 Å². The van der Waals surface area contributed by atoms with E-state index < -0.39 is 0 Å². The number of likely N-dealkylation sites (tertiary alicyclic amines) is 1. The van der Waals surface area contributed by atoms with Crippen LogP contribution in [0.4, 0.5) is 0 Å². The molecule has 0 aromatic heterocycles. The summed E-state index contributed by atoms with van der Waals surface area (Å²) in [6, 6.07) is 0.431. The van der Waals surface area contributed by atoms with E-state index in [2.05, 4.69) is 23.6 Å². The monoisotopic (exact) mass is 200 g/mol. The molecule has 76 valence electrons. The van der Waals surface area contributed by atoms with Crippen LogP contribution in [0.1, 0.15) is 26.2 Å². The first-order valence-corrected chi connectivity index (χ1v) is 6.53. The molecule has 2 fully saturated rings. The highest BCUT2D eigenvalue weighted by molar-refractivity contribution is 7.99. The molecule has 2 unspecified atom stereocenters. The van der Waals surface area contributed by atoms with E-state index in [-0.39, 0.29) is 0 Å². The average Bonchev–Trinajstić information content (AvgIpc) is 2.46. The van der Waals surface area contributed by atoms with Crippen LogP contribution in [0.5, 0.6) is 0 Å². The third kappa shape index (κ3) is 1.51. The van der Waals surface area contributed by atoms with Gasteiger partial charge in [0.25, 0.3) is 0 Å². The topological polar surface area (TPSA) is 29.3 Å². The molecule has 2 heterocycles. The maximum atomic E-state index is 6.26. The van der Waals surface area contributed by atoms with Crippen molar-refractivity contribution < 1.29 is 0 Å². The van der Waals surface area contributed by atoms with E-state index in [0.717, 1.165) is 0 Å². The van der Waals surface area contributed by atoms with Gasteiger partial charge >= 0.3 is 0 Å². The Hall–Kier alpha value is 0.270. The highest BCUT2D eigenvalue weighted by Gasteiger charge is 2.46. The van der Waals surface area contributed by atoms with Crippen LogP contribution in [-0.2, 0) is 0 Å². The van der Waals surface area contributed by atoms with Gasteiger partial charge in [0.1, 0.15) is 0 Å². The molecule has 2 atom stereocenters. The highest BCUT2D eigenvalue weighted by atomic mass is 32.2. The molecule has 0 aliphatic carbocycles. The third-order valence-corrected chi connectivity index (χ3v) is 4.94. The fourth-order valence-corrected chi connectivity index (χ4v) is 4.22. The number of nitrogens with zero attached hydrogens (tertiary/aromatic N) is 1. The molecule has 1 spiro atoms. The van der Waals surface area contributed by atoms with E-state index in [4.69, 9.17) is 5.73 Å². The summed E-state index contributed by atoms with van der Waals surface area (Å²) < 4.78 is 0. The van der Waals surface area contributed by atoms with Crippen LogP contribution >= 0.6 is 11.8 Å². The summed E-state index contributed by atoms with van der Waals surface area (Å²) in [6.07, 6.45) is 3.89. The van der Waals surface area contributed by atoms with Crippen LogP contribution in [-0.4, -0.2) is 41.1 Å². The van der Waals surface area contributed by atoms with Crippen molar-refractivity contribution in [2.75, 3.05) is 24.6 Å². The van der Waals surface area contributed by atoms with Crippen molar-refractivity contribution in [3.8, 4) is 0 Å². The zero-order valence-electron chi connectivity index (χ0n) is 8.46. The van der Waals surface area contributed by atoms with Crippen molar-refractivity contribution in [3.63, 3.8) is 0 Å². The molecule has 13 heavy (non-hydrogen) atoms. The molecule has 0 aromatic rings. The molecule has 2 aliphatic rings. The van der Waals surface area contributed by atoms with Gasteiger partial charge in [-0.05, 0) is 31.6 Å². The van der Waals surface area contributed by atoms with E-state index in [9.17, 15) is 0 Å². The number of likely N-dealkylation sites (N-methyl/N-ethyl adjacent to an activating group) is 1. The first kappa shape index (κ1) is 9.81. The largest absolute Gasteiger partial charge is 0.326 e. The summed E-state index contributed by atoms with van der Waals surface area (Å²) >= 11 is 2.09. The molecule has 3 heteroatoms. The van der Waals surface area contributed by atoms with Crippen LogP contribution < -0.4 is 5.73 Å². The van der Waals surface area contributed by atoms with Crippen LogP contribution in [0.3, 0.4) is 0 Å². The minimum Gasteiger partial charge on any atom is -0.326 e. The summed E-state index contributed by atoms with van der Waals surface area (Å²) in [5.41, 5.74) is 6.63. The second-order valence-electron chi connectivity index (χ2n) is 4.23. The molecule has 0 radical (unpaired) electrons. The van der Waals surface area contributed by atoms with E-state index in [1.807, 2.05) is 0 Å². The first-order chi connectivity index (χ1) is 6.29. The predicted octanol–water partition coefficient (Wildman–Crippen LogP) is 1.31. The second-order valence-corrected chi connectivity index (χ2v) is 5.34. The molecule has 2 aliphatic heterocycles. The van der Waals surface area contributed by atoms with Gasteiger partial charge in [-0.3, -0.25) is 4.90 Å². The third-order valence-electron chi connectivity index (χ3n) is 3.66. The fraction of sp³-hybridized carbons (Fsp3) is 1.00. The number of thioether (sulfide) groups is 1.